The Labute approximate surface area is 87.9 Å². The summed E-state index contributed by atoms with van der Waals surface area (Å²) >= 11 is 5.65. The molecular weight excluding hydrogens is 206 g/mol. The van der Waals surface area contributed by atoms with Gasteiger partial charge in [-0.25, -0.2) is 8.78 Å². The lowest BCUT2D eigenvalue weighted by molar-refractivity contribution is -0.00625. The summed E-state index contributed by atoms with van der Waals surface area (Å²) in [5.74, 6) is -2.66. The average Bonchev–Trinajstić information content (AvgIpc) is 2.08. The number of hydrogen-bond donors (Lipinski definition) is 0. The Morgan fingerprint density at radius 3 is 2.29 bits per heavy atom. The van der Waals surface area contributed by atoms with Crippen LogP contribution in [0.3, 0.4) is 0 Å². The molecule has 0 atom stereocenters. The Morgan fingerprint density at radius 1 is 1.21 bits per heavy atom. The predicted octanol–water partition coefficient (Wildman–Crippen LogP) is 4.13. The molecule has 0 fully saturated rings. The molecular formula is C11H12ClF2. The van der Waals surface area contributed by atoms with Gasteiger partial charge in [0.1, 0.15) is 0 Å². The summed E-state index contributed by atoms with van der Waals surface area (Å²) in [6.07, 6.45) is -0.157. The van der Waals surface area contributed by atoms with E-state index in [0.29, 0.717) is 10.6 Å². The third kappa shape index (κ3) is 3.62. The van der Waals surface area contributed by atoms with Crippen LogP contribution in [-0.2, 0) is 6.42 Å². The molecule has 77 valence electrons. The van der Waals surface area contributed by atoms with E-state index in [9.17, 15) is 8.78 Å². The molecule has 0 aliphatic carbocycles. The number of halogens is 3. The minimum absolute atomic E-state index is 0.171. The number of rotatable bonds is 4. The lowest BCUT2D eigenvalue weighted by Crippen LogP contribution is -2.18. The number of alkyl halides is 2. The molecule has 1 aromatic rings. The van der Waals surface area contributed by atoms with Crippen LogP contribution in [0.15, 0.2) is 24.3 Å². The van der Waals surface area contributed by atoms with E-state index < -0.39 is 5.92 Å². The molecule has 1 radical (unpaired) electrons. The summed E-state index contributed by atoms with van der Waals surface area (Å²) < 4.78 is 26.3. The van der Waals surface area contributed by atoms with Crippen molar-refractivity contribution < 1.29 is 8.78 Å². The quantitative estimate of drug-likeness (QED) is 0.711. The molecule has 0 saturated carbocycles. The van der Waals surface area contributed by atoms with Crippen LogP contribution in [0.1, 0.15) is 18.4 Å². The van der Waals surface area contributed by atoms with E-state index in [-0.39, 0.29) is 19.3 Å². The van der Waals surface area contributed by atoms with Crippen molar-refractivity contribution in [2.45, 2.75) is 25.2 Å². The Bertz CT molecular complexity index is 280. The minimum atomic E-state index is -2.66. The fraction of sp³-hybridized carbons (Fsp3) is 0.364. The first kappa shape index (κ1) is 11.4. The van der Waals surface area contributed by atoms with Gasteiger partial charge in [0, 0.05) is 17.9 Å². The Hall–Kier alpha value is -0.630. The van der Waals surface area contributed by atoms with Crippen LogP contribution in [-0.4, -0.2) is 5.92 Å². The van der Waals surface area contributed by atoms with Gasteiger partial charge in [-0.1, -0.05) is 30.7 Å². The number of benzene rings is 1. The zero-order valence-electron chi connectivity index (χ0n) is 7.77. The zero-order valence-corrected chi connectivity index (χ0v) is 8.53. The Balaban J connectivity index is 2.64. The molecule has 3 heteroatoms. The van der Waals surface area contributed by atoms with E-state index in [1.807, 2.05) is 0 Å². The van der Waals surface area contributed by atoms with Gasteiger partial charge < -0.3 is 0 Å². The van der Waals surface area contributed by atoms with Gasteiger partial charge in [-0.15, -0.1) is 0 Å². The normalized spacial score (nSPS) is 11.7. The standard InChI is InChI=1S/C11H12ClF2/c1-2-7-11(13,14)8-9-3-5-10(12)6-4-9/h3-6H,1-2,7-8H2. The molecule has 1 aromatic carbocycles. The predicted molar refractivity (Wildman–Crippen MR) is 54.7 cm³/mol. The van der Waals surface area contributed by atoms with Gasteiger partial charge in [0.15, 0.2) is 0 Å². The van der Waals surface area contributed by atoms with Crippen LogP contribution in [0, 0.1) is 6.92 Å². The lowest BCUT2D eigenvalue weighted by atomic mass is 10.0. The van der Waals surface area contributed by atoms with Crippen LogP contribution >= 0.6 is 11.6 Å². The molecule has 0 aliphatic heterocycles. The van der Waals surface area contributed by atoms with E-state index in [1.54, 1.807) is 24.3 Å². The van der Waals surface area contributed by atoms with Gasteiger partial charge in [-0.3, -0.25) is 0 Å². The molecule has 0 bridgehead atoms. The maximum atomic E-state index is 13.1. The van der Waals surface area contributed by atoms with Crippen LogP contribution in [0.4, 0.5) is 8.78 Å². The van der Waals surface area contributed by atoms with Crippen LogP contribution in [0.25, 0.3) is 0 Å². The molecule has 0 saturated heterocycles. The van der Waals surface area contributed by atoms with Gasteiger partial charge in [-0.2, -0.15) is 0 Å². The summed E-state index contributed by atoms with van der Waals surface area (Å²) in [6, 6.07) is 6.49. The second-order valence-electron chi connectivity index (χ2n) is 3.26. The fourth-order valence-corrected chi connectivity index (χ4v) is 1.37. The highest BCUT2D eigenvalue weighted by atomic mass is 35.5. The van der Waals surface area contributed by atoms with Crippen molar-refractivity contribution in [3.05, 3.63) is 41.8 Å². The van der Waals surface area contributed by atoms with Gasteiger partial charge in [0.2, 0.25) is 0 Å². The van der Waals surface area contributed by atoms with E-state index in [1.165, 1.54) is 0 Å². The SMILES string of the molecule is [CH2]CCC(F)(F)Cc1ccc(Cl)cc1. The average molecular weight is 218 g/mol. The first-order chi connectivity index (χ1) is 6.53. The van der Waals surface area contributed by atoms with Crippen molar-refractivity contribution in [3.63, 3.8) is 0 Å². The van der Waals surface area contributed by atoms with Gasteiger partial charge >= 0.3 is 0 Å². The third-order valence-electron chi connectivity index (χ3n) is 1.92. The zero-order chi connectivity index (χ0) is 10.6. The van der Waals surface area contributed by atoms with Gasteiger partial charge in [0.25, 0.3) is 5.92 Å². The summed E-state index contributed by atoms with van der Waals surface area (Å²) in [6.45, 7) is 3.43. The Kier molecular flexibility index (Phi) is 3.87. The topological polar surface area (TPSA) is 0 Å². The maximum Gasteiger partial charge on any atom is 0.252 e. The highest BCUT2D eigenvalue weighted by Gasteiger charge is 2.27. The molecule has 14 heavy (non-hydrogen) atoms. The molecule has 1 rings (SSSR count). The van der Waals surface area contributed by atoms with E-state index in [2.05, 4.69) is 6.92 Å². The first-order valence-corrected chi connectivity index (χ1v) is 4.83. The van der Waals surface area contributed by atoms with E-state index in [0.717, 1.165) is 0 Å². The minimum Gasteiger partial charge on any atom is -0.207 e. The molecule has 0 aromatic heterocycles. The smallest absolute Gasteiger partial charge is 0.207 e. The van der Waals surface area contributed by atoms with Crippen molar-refractivity contribution in [1.82, 2.24) is 0 Å². The van der Waals surface area contributed by atoms with E-state index >= 15 is 0 Å². The molecule has 0 unspecified atom stereocenters. The second kappa shape index (κ2) is 4.74. The highest BCUT2D eigenvalue weighted by molar-refractivity contribution is 6.30. The van der Waals surface area contributed by atoms with Crippen LogP contribution in [0.5, 0.6) is 0 Å². The molecule has 0 N–H and O–H groups in total. The summed E-state index contributed by atoms with van der Waals surface area (Å²) in [5.41, 5.74) is 0.604. The first-order valence-electron chi connectivity index (χ1n) is 4.45. The van der Waals surface area contributed by atoms with Crippen LogP contribution in [0.2, 0.25) is 5.02 Å². The van der Waals surface area contributed by atoms with Gasteiger partial charge in [0.05, 0.1) is 0 Å². The molecule has 0 heterocycles. The van der Waals surface area contributed by atoms with Crippen molar-refractivity contribution in [2.24, 2.45) is 0 Å². The number of hydrogen-bond acceptors (Lipinski definition) is 0. The van der Waals surface area contributed by atoms with Gasteiger partial charge in [-0.05, 0) is 24.1 Å². The molecule has 0 amide bonds. The third-order valence-corrected chi connectivity index (χ3v) is 2.17. The summed E-state index contributed by atoms with van der Waals surface area (Å²) in [7, 11) is 0. The Morgan fingerprint density at radius 2 is 1.79 bits per heavy atom. The summed E-state index contributed by atoms with van der Waals surface area (Å²) in [4.78, 5) is 0. The van der Waals surface area contributed by atoms with Crippen LogP contribution < -0.4 is 0 Å². The molecule has 0 nitrogen and oxygen atoms in total. The molecule has 0 aliphatic rings. The largest absolute Gasteiger partial charge is 0.252 e. The summed E-state index contributed by atoms with van der Waals surface area (Å²) in [5, 5.41) is 0.564. The maximum absolute atomic E-state index is 13.1. The van der Waals surface area contributed by atoms with Crippen molar-refractivity contribution in [3.8, 4) is 0 Å². The fourth-order valence-electron chi connectivity index (χ4n) is 1.25. The van der Waals surface area contributed by atoms with Crippen molar-refractivity contribution in [2.75, 3.05) is 0 Å². The highest BCUT2D eigenvalue weighted by Crippen LogP contribution is 2.25. The van der Waals surface area contributed by atoms with Crippen molar-refractivity contribution >= 4 is 11.6 Å². The monoisotopic (exact) mass is 217 g/mol. The molecule has 0 spiro atoms. The lowest BCUT2D eigenvalue weighted by Gasteiger charge is -2.15. The van der Waals surface area contributed by atoms with E-state index in [4.69, 9.17) is 11.6 Å². The van der Waals surface area contributed by atoms with Crippen molar-refractivity contribution in [1.29, 1.82) is 0 Å². The second-order valence-corrected chi connectivity index (χ2v) is 3.70.